The van der Waals surface area contributed by atoms with Crippen LogP contribution in [0.4, 0.5) is 13.2 Å². The number of nitrogens with zero attached hydrogens (tertiary/aromatic N) is 2. The zero-order valence-corrected chi connectivity index (χ0v) is 12.5. The van der Waals surface area contributed by atoms with Crippen LogP contribution < -0.4 is 5.56 Å². The highest BCUT2D eigenvalue weighted by molar-refractivity contribution is 5.80. The van der Waals surface area contributed by atoms with E-state index in [1.165, 1.54) is 6.07 Å². The van der Waals surface area contributed by atoms with Crippen LogP contribution in [0.2, 0.25) is 0 Å². The molecule has 2 heterocycles. The molecule has 0 radical (unpaired) electrons. The van der Waals surface area contributed by atoms with Crippen LogP contribution in [0.15, 0.2) is 41.2 Å². The highest BCUT2D eigenvalue weighted by atomic mass is 19.4. The van der Waals surface area contributed by atoms with Crippen molar-refractivity contribution in [3.8, 4) is 11.1 Å². The Labute approximate surface area is 129 Å². The number of halogens is 3. The molecule has 0 saturated heterocycles. The van der Waals surface area contributed by atoms with Crippen LogP contribution in [0.3, 0.4) is 0 Å². The molecule has 120 valence electrons. The SMILES string of the molecule is CC(C)c1cc(=O)n2nc(C(F)(F)F)c(-c3ccccc3)c2[nH]1. The summed E-state index contributed by atoms with van der Waals surface area (Å²) < 4.78 is 40.9. The maximum atomic E-state index is 13.4. The van der Waals surface area contributed by atoms with Gasteiger partial charge in [-0.05, 0) is 11.5 Å². The molecular formula is C16H14F3N3O. The molecular weight excluding hydrogens is 307 g/mol. The first-order valence-corrected chi connectivity index (χ1v) is 7.07. The summed E-state index contributed by atoms with van der Waals surface area (Å²) in [6.07, 6.45) is -4.66. The van der Waals surface area contributed by atoms with E-state index in [2.05, 4.69) is 10.1 Å². The van der Waals surface area contributed by atoms with Crippen molar-refractivity contribution in [2.24, 2.45) is 0 Å². The minimum atomic E-state index is -4.66. The Bertz CT molecular complexity index is 908. The highest BCUT2D eigenvalue weighted by Gasteiger charge is 2.39. The average Bonchev–Trinajstić information content (AvgIpc) is 2.88. The van der Waals surface area contributed by atoms with Crippen LogP contribution in [-0.2, 0) is 6.18 Å². The second-order valence-electron chi connectivity index (χ2n) is 5.57. The first kappa shape index (κ1) is 15.3. The number of nitrogens with one attached hydrogen (secondary N) is 1. The number of rotatable bonds is 2. The van der Waals surface area contributed by atoms with Gasteiger partial charge >= 0.3 is 6.18 Å². The van der Waals surface area contributed by atoms with Crippen molar-refractivity contribution in [3.63, 3.8) is 0 Å². The Morgan fingerprint density at radius 2 is 1.83 bits per heavy atom. The van der Waals surface area contributed by atoms with Crippen molar-refractivity contribution in [1.29, 1.82) is 0 Å². The van der Waals surface area contributed by atoms with E-state index in [0.717, 1.165) is 4.52 Å². The molecule has 0 bridgehead atoms. The van der Waals surface area contributed by atoms with Gasteiger partial charge in [0.15, 0.2) is 5.69 Å². The molecule has 0 aliphatic rings. The molecule has 0 spiro atoms. The highest BCUT2D eigenvalue weighted by Crippen LogP contribution is 2.38. The Balaban J connectivity index is 2.45. The number of hydrogen-bond acceptors (Lipinski definition) is 2. The van der Waals surface area contributed by atoms with Crippen molar-refractivity contribution in [1.82, 2.24) is 14.6 Å². The molecule has 0 fully saturated rings. The zero-order chi connectivity index (χ0) is 16.8. The molecule has 0 amide bonds. The summed E-state index contributed by atoms with van der Waals surface area (Å²) in [5, 5.41) is 3.51. The van der Waals surface area contributed by atoms with E-state index in [1.807, 2.05) is 13.8 Å². The largest absolute Gasteiger partial charge is 0.435 e. The molecule has 3 rings (SSSR count). The third-order valence-corrected chi connectivity index (χ3v) is 3.59. The van der Waals surface area contributed by atoms with Gasteiger partial charge in [0.1, 0.15) is 5.65 Å². The van der Waals surface area contributed by atoms with Gasteiger partial charge in [-0.1, -0.05) is 44.2 Å². The summed E-state index contributed by atoms with van der Waals surface area (Å²) in [6.45, 7) is 3.70. The van der Waals surface area contributed by atoms with E-state index in [-0.39, 0.29) is 17.1 Å². The number of benzene rings is 1. The maximum absolute atomic E-state index is 13.4. The molecule has 0 saturated carbocycles. The quantitative estimate of drug-likeness (QED) is 0.780. The molecule has 23 heavy (non-hydrogen) atoms. The smallest absolute Gasteiger partial charge is 0.343 e. The third kappa shape index (κ3) is 2.62. The van der Waals surface area contributed by atoms with E-state index in [0.29, 0.717) is 11.3 Å². The van der Waals surface area contributed by atoms with Crippen LogP contribution in [0.5, 0.6) is 0 Å². The fourth-order valence-electron chi connectivity index (χ4n) is 2.45. The number of aromatic amines is 1. The molecule has 0 unspecified atom stereocenters. The van der Waals surface area contributed by atoms with E-state index >= 15 is 0 Å². The van der Waals surface area contributed by atoms with Gasteiger partial charge < -0.3 is 4.98 Å². The Kier molecular flexibility index (Phi) is 3.50. The molecule has 3 aromatic rings. The predicted molar refractivity (Wildman–Crippen MR) is 80.3 cm³/mol. The summed E-state index contributed by atoms with van der Waals surface area (Å²) in [4.78, 5) is 15.1. The van der Waals surface area contributed by atoms with Crippen LogP contribution in [0, 0.1) is 0 Å². The van der Waals surface area contributed by atoms with Gasteiger partial charge in [-0.25, -0.2) is 0 Å². The van der Waals surface area contributed by atoms with Crippen molar-refractivity contribution in [3.05, 3.63) is 58.1 Å². The fourth-order valence-corrected chi connectivity index (χ4v) is 2.45. The molecule has 7 heteroatoms. The first-order valence-electron chi connectivity index (χ1n) is 7.07. The zero-order valence-electron chi connectivity index (χ0n) is 12.5. The van der Waals surface area contributed by atoms with Crippen molar-refractivity contribution in [2.75, 3.05) is 0 Å². The lowest BCUT2D eigenvalue weighted by molar-refractivity contribution is -0.140. The summed E-state index contributed by atoms with van der Waals surface area (Å²) in [5.41, 5.74) is -0.801. The van der Waals surface area contributed by atoms with E-state index in [4.69, 9.17) is 0 Å². The van der Waals surface area contributed by atoms with Crippen LogP contribution >= 0.6 is 0 Å². The Morgan fingerprint density at radius 3 is 2.39 bits per heavy atom. The summed E-state index contributed by atoms with van der Waals surface area (Å²) in [6, 6.07) is 9.40. The molecule has 0 atom stereocenters. The standard InChI is InChI=1S/C16H14F3N3O/c1-9(2)11-8-12(23)22-15(20-11)13(10-6-4-3-5-7-10)14(21-22)16(17,18)19/h3-9,20H,1-2H3. The Hall–Kier alpha value is -2.57. The van der Waals surface area contributed by atoms with Gasteiger partial charge in [0, 0.05) is 11.8 Å². The van der Waals surface area contributed by atoms with Gasteiger partial charge in [0.25, 0.3) is 5.56 Å². The van der Waals surface area contributed by atoms with Gasteiger partial charge in [0.2, 0.25) is 0 Å². The predicted octanol–water partition coefficient (Wildman–Crippen LogP) is 3.83. The second-order valence-corrected chi connectivity index (χ2v) is 5.57. The lowest BCUT2D eigenvalue weighted by atomic mass is 10.1. The number of fused-ring (bicyclic) bond motifs is 1. The maximum Gasteiger partial charge on any atom is 0.435 e. The van der Waals surface area contributed by atoms with Crippen molar-refractivity contribution >= 4 is 5.65 Å². The summed E-state index contributed by atoms with van der Waals surface area (Å²) in [5.74, 6) is -0.0273. The van der Waals surface area contributed by atoms with Gasteiger partial charge in [-0.3, -0.25) is 4.79 Å². The lowest BCUT2D eigenvalue weighted by Gasteiger charge is -2.08. The molecule has 1 N–H and O–H groups in total. The fraction of sp³-hybridized carbons (Fsp3) is 0.250. The lowest BCUT2D eigenvalue weighted by Crippen LogP contribution is -2.17. The van der Waals surface area contributed by atoms with Gasteiger partial charge in [-0.2, -0.15) is 22.8 Å². The minimum Gasteiger partial charge on any atom is -0.343 e. The monoisotopic (exact) mass is 321 g/mol. The number of H-pyrrole nitrogens is 1. The molecule has 0 aliphatic heterocycles. The van der Waals surface area contributed by atoms with Gasteiger partial charge in [0.05, 0.1) is 5.56 Å². The van der Waals surface area contributed by atoms with Crippen molar-refractivity contribution < 1.29 is 13.2 Å². The molecule has 0 aliphatic carbocycles. The van der Waals surface area contributed by atoms with E-state index in [1.54, 1.807) is 30.3 Å². The first-order chi connectivity index (χ1) is 10.8. The minimum absolute atomic E-state index is 0.0273. The average molecular weight is 321 g/mol. The van der Waals surface area contributed by atoms with E-state index < -0.39 is 17.4 Å². The molecule has 4 nitrogen and oxygen atoms in total. The van der Waals surface area contributed by atoms with Crippen LogP contribution in [0.1, 0.15) is 31.2 Å². The number of hydrogen-bond donors (Lipinski definition) is 1. The number of aromatic nitrogens is 3. The van der Waals surface area contributed by atoms with Gasteiger partial charge in [-0.15, -0.1) is 0 Å². The van der Waals surface area contributed by atoms with Crippen LogP contribution in [-0.4, -0.2) is 14.6 Å². The molecule has 2 aromatic heterocycles. The van der Waals surface area contributed by atoms with E-state index in [9.17, 15) is 18.0 Å². The Morgan fingerprint density at radius 1 is 1.17 bits per heavy atom. The molecule has 1 aromatic carbocycles. The normalized spacial score (nSPS) is 12.3. The second kappa shape index (κ2) is 5.26. The number of alkyl halides is 3. The van der Waals surface area contributed by atoms with Crippen LogP contribution in [0.25, 0.3) is 16.8 Å². The summed E-state index contributed by atoms with van der Waals surface area (Å²) >= 11 is 0. The third-order valence-electron chi connectivity index (χ3n) is 3.59. The summed E-state index contributed by atoms with van der Waals surface area (Å²) in [7, 11) is 0. The van der Waals surface area contributed by atoms with Crippen molar-refractivity contribution in [2.45, 2.75) is 25.9 Å². The topological polar surface area (TPSA) is 50.2 Å².